The fraction of sp³-hybridized carbons (Fsp3) is 0.579. The summed E-state index contributed by atoms with van der Waals surface area (Å²) < 4.78 is 53.4. The number of aliphatic hydroxyl groups is 3. The molecule has 24 nitrogen and oxygen atoms in total. The van der Waals surface area contributed by atoms with Gasteiger partial charge < -0.3 is 56.9 Å². The SMILES string of the molecule is NC1=NC(N)c2nnn([C@@H]3O[C@H](OC[P+](=O)O)[C@H](O)[C@@H]3OP(=O)(O)OC[C@H]3O[C@@H](n4cnc5c(N)ncnc54)[C@@H](O)[C@H]3O)c2N1. The van der Waals surface area contributed by atoms with E-state index in [1.54, 1.807) is 0 Å². The molecule has 3 aromatic heterocycles. The molecule has 6 rings (SSSR count). The first-order chi connectivity index (χ1) is 21.3. The number of imidazole rings is 1. The number of nitrogens with two attached hydrogens (primary N) is 3. The molecule has 45 heavy (non-hydrogen) atoms. The minimum absolute atomic E-state index is 0.0462. The quantitative estimate of drug-likeness (QED) is 0.0937. The Balaban J connectivity index is 1.18. The lowest BCUT2D eigenvalue weighted by atomic mass is 10.1. The van der Waals surface area contributed by atoms with Gasteiger partial charge in [-0.2, -0.15) is 9.58 Å². The number of aliphatic imine (C=N–C) groups is 1. The highest BCUT2D eigenvalue weighted by Crippen LogP contribution is 2.50. The summed E-state index contributed by atoms with van der Waals surface area (Å²) in [6.45, 7) is -0.784. The van der Waals surface area contributed by atoms with Gasteiger partial charge in [-0.25, -0.2) is 24.5 Å². The standard InChI is InChI=1S/C19H26N12O12P2/c20-12-6-14(24-2-23-12)30(3-25-6)16-9(33)8(32)5(41-16)1-40-45(37,38)43-11-10(34)18(39-4-44(35)36)42-17(11)31-15-7(28-29-31)13(21)26-19(22)27-15/h2-3,5,8-11,13,16-18,32-34H,1,4,21H2,(H6-,20,22,23,24,26,27,35,36,37,38)/p+1/t5-,8+,9+,10-,11+,13?,16-,17-,18+/m1/s1. The molecule has 2 saturated heterocycles. The highest BCUT2D eigenvalue weighted by atomic mass is 31.2. The van der Waals surface area contributed by atoms with Crippen LogP contribution in [-0.4, -0.2) is 115 Å². The Morgan fingerprint density at radius 2 is 1.89 bits per heavy atom. The van der Waals surface area contributed by atoms with E-state index in [1.807, 2.05) is 0 Å². The van der Waals surface area contributed by atoms with Crippen molar-refractivity contribution in [2.24, 2.45) is 16.5 Å². The second kappa shape index (κ2) is 12.1. The van der Waals surface area contributed by atoms with Crippen LogP contribution in [0.1, 0.15) is 24.3 Å². The molecule has 3 unspecified atom stereocenters. The van der Waals surface area contributed by atoms with E-state index in [-0.39, 0.29) is 34.5 Å². The van der Waals surface area contributed by atoms with E-state index in [4.69, 9.17) is 45.4 Å². The van der Waals surface area contributed by atoms with Crippen LogP contribution < -0.4 is 22.5 Å². The van der Waals surface area contributed by atoms with Crippen molar-refractivity contribution >= 4 is 44.6 Å². The molecule has 0 radical (unpaired) electrons. The lowest BCUT2D eigenvalue weighted by Gasteiger charge is -2.25. The molecule has 3 aliphatic rings. The molecule has 12 N–H and O–H groups in total. The number of rotatable bonds is 10. The van der Waals surface area contributed by atoms with Crippen molar-refractivity contribution < 1.29 is 57.5 Å². The van der Waals surface area contributed by atoms with Gasteiger partial charge in [-0.15, -0.1) is 5.10 Å². The van der Waals surface area contributed by atoms with E-state index in [2.05, 4.69) is 35.6 Å². The number of anilines is 2. The molecule has 3 aliphatic heterocycles. The third-order valence-corrected chi connectivity index (χ3v) is 8.30. The molecule has 2 fully saturated rings. The van der Waals surface area contributed by atoms with Crippen LogP contribution in [0.25, 0.3) is 11.2 Å². The first-order valence-corrected chi connectivity index (χ1v) is 15.7. The fourth-order valence-electron chi connectivity index (χ4n) is 4.88. The lowest BCUT2D eigenvalue weighted by molar-refractivity contribution is -0.168. The van der Waals surface area contributed by atoms with Crippen molar-refractivity contribution in [2.75, 3.05) is 24.0 Å². The second-order valence-electron chi connectivity index (χ2n) is 9.85. The van der Waals surface area contributed by atoms with Gasteiger partial charge in [0.1, 0.15) is 54.2 Å². The van der Waals surface area contributed by atoms with E-state index in [0.717, 1.165) is 4.68 Å². The van der Waals surface area contributed by atoms with Crippen molar-refractivity contribution in [2.45, 2.75) is 55.4 Å². The molecule has 11 atom stereocenters. The second-order valence-corrected chi connectivity index (χ2v) is 12.2. The number of guanidine groups is 1. The van der Waals surface area contributed by atoms with Crippen LogP contribution in [0.2, 0.25) is 0 Å². The summed E-state index contributed by atoms with van der Waals surface area (Å²) in [5.41, 5.74) is 18.0. The highest BCUT2D eigenvalue weighted by Gasteiger charge is 2.53. The van der Waals surface area contributed by atoms with Crippen LogP contribution in [-0.2, 0) is 32.4 Å². The zero-order valence-corrected chi connectivity index (χ0v) is 24.4. The van der Waals surface area contributed by atoms with E-state index < -0.39 is 84.2 Å². The Bertz CT molecular complexity index is 1670. The number of phosphoric acid groups is 1. The van der Waals surface area contributed by atoms with Crippen LogP contribution in [0.4, 0.5) is 11.6 Å². The van der Waals surface area contributed by atoms with Gasteiger partial charge in [0.15, 0.2) is 42.0 Å². The van der Waals surface area contributed by atoms with Gasteiger partial charge in [-0.1, -0.05) is 5.21 Å². The fourth-order valence-corrected chi connectivity index (χ4v) is 6.09. The van der Waals surface area contributed by atoms with Gasteiger partial charge >= 0.3 is 15.9 Å². The summed E-state index contributed by atoms with van der Waals surface area (Å²) in [6.07, 6.45) is -11.9. The van der Waals surface area contributed by atoms with Crippen LogP contribution in [0.3, 0.4) is 0 Å². The molecular weight excluding hydrogens is 650 g/mol. The Hall–Kier alpha value is -3.35. The van der Waals surface area contributed by atoms with Crippen LogP contribution in [0.15, 0.2) is 17.6 Å². The lowest BCUT2D eigenvalue weighted by Crippen LogP contribution is -2.37. The van der Waals surface area contributed by atoms with Crippen LogP contribution in [0.5, 0.6) is 0 Å². The molecular formula is C19H27N12O12P2+. The summed E-state index contributed by atoms with van der Waals surface area (Å²) in [6, 6.07) is 0. The summed E-state index contributed by atoms with van der Waals surface area (Å²) in [5, 5.41) is 42.6. The van der Waals surface area contributed by atoms with Gasteiger partial charge in [-0.05, 0) is 4.57 Å². The summed E-state index contributed by atoms with van der Waals surface area (Å²) in [5.74, 6) is -0.00294. The molecule has 26 heteroatoms. The minimum Gasteiger partial charge on any atom is -0.387 e. The van der Waals surface area contributed by atoms with Gasteiger partial charge in [0.2, 0.25) is 0 Å². The van der Waals surface area contributed by atoms with Gasteiger partial charge in [0.05, 0.1) is 12.9 Å². The molecule has 0 saturated carbocycles. The number of nitrogen functional groups attached to an aromatic ring is 1. The van der Waals surface area contributed by atoms with Gasteiger partial charge in [0, 0.05) is 0 Å². The molecule has 0 amide bonds. The molecule has 0 bridgehead atoms. The van der Waals surface area contributed by atoms with Gasteiger partial charge in [0.25, 0.3) is 6.35 Å². The van der Waals surface area contributed by atoms with Crippen molar-refractivity contribution in [1.29, 1.82) is 0 Å². The summed E-state index contributed by atoms with van der Waals surface area (Å²) in [7, 11) is -7.96. The largest absolute Gasteiger partial charge is 0.534 e. The smallest absolute Gasteiger partial charge is 0.387 e. The number of aliphatic hydroxyl groups excluding tert-OH is 3. The monoisotopic (exact) mass is 677 g/mol. The van der Waals surface area contributed by atoms with E-state index in [9.17, 15) is 29.3 Å². The Labute approximate surface area is 251 Å². The molecule has 0 spiro atoms. The number of hydrogen-bond acceptors (Lipinski definition) is 20. The maximum Gasteiger partial charge on any atom is 0.534 e. The topological polar surface area (TPSA) is 358 Å². The average Bonchev–Trinajstić information content (AvgIpc) is 3.73. The molecule has 6 heterocycles. The molecule has 0 aliphatic carbocycles. The average molecular weight is 677 g/mol. The minimum atomic E-state index is -5.15. The zero-order valence-electron chi connectivity index (χ0n) is 22.6. The predicted octanol–water partition coefficient (Wildman–Crippen LogP) is -3.56. The Kier molecular flexibility index (Phi) is 8.51. The number of hydrogen-bond donors (Lipinski definition) is 9. The number of aromatic nitrogens is 7. The van der Waals surface area contributed by atoms with Crippen molar-refractivity contribution in [3.63, 3.8) is 0 Å². The van der Waals surface area contributed by atoms with Crippen molar-refractivity contribution in [3.8, 4) is 0 Å². The van der Waals surface area contributed by atoms with Crippen molar-refractivity contribution in [3.05, 3.63) is 18.3 Å². The number of nitrogens with one attached hydrogen (secondary N) is 1. The highest BCUT2D eigenvalue weighted by molar-refractivity contribution is 7.47. The maximum atomic E-state index is 13.1. The van der Waals surface area contributed by atoms with Crippen LogP contribution >= 0.6 is 15.9 Å². The molecule has 244 valence electrons. The van der Waals surface area contributed by atoms with Gasteiger partial charge in [-0.3, -0.25) is 13.6 Å². The molecule has 3 aromatic rings. The van der Waals surface area contributed by atoms with Crippen molar-refractivity contribution in [1.82, 2.24) is 34.5 Å². The van der Waals surface area contributed by atoms with E-state index >= 15 is 0 Å². The zero-order chi connectivity index (χ0) is 32.2. The normalized spacial score (nSPS) is 33.1. The van der Waals surface area contributed by atoms with E-state index in [0.29, 0.717) is 0 Å². The first kappa shape index (κ1) is 31.6. The Morgan fingerprint density at radius 3 is 2.64 bits per heavy atom. The van der Waals surface area contributed by atoms with E-state index in [1.165, 1.54) is 17.2 Å². The third-order valence-electron chi connectivity index (χ3n) is 6.94. The molecule has 0 aromatic carbocycles. The third kappa shape index (κ3) is 5.99. The number of ether oxygens (including phenoxy) is 3. The number of phosphoric ester groups is 1. The predicted molar refractivity (Wildman–Crippen MR) is 144 cm³/mol. The number of fused-ring (bicyclic) bond motifs is 2. The summed E-state index contributed by atoms with van der Waals surface area (Å²) >= 11 is 0. The number of nitrogens with zero attached hydrogens (tertiary/aromatic N) is 8. The summed E-state index contributed by atoms with van der Waals surface area (Å²) in [4.78, 5) is 35.6. The van der Waals surface area contributed by atoms with Crippen LogP contribution in [0, 0.1) is 0 Å². The first-order valence-electron chi connectivity index (χ1n) is 12.8. The maximum absolute atomic E-state index is 13.1. The Morgan fingerprint density at radius 1 is 1.11 bits per heavy atom.